The van der Waals surface area contributed by atoms with Crippen molar-refractivity contribution < 1.29 is 9.53 Å². The van der Waals surface area contributed by atoms with E-state index >= 15 is 0 Å². The molecular formula is C21H26N2O2. The summed E-state index contributed by atoms with van der Waals surface area (Å²) in [6, 6.07) is 16.1. The number of anilines is 1. The van der Waals surface area contributed by atoms with Crippen LogP contribution in [0.1, 0.15) is 25.0 Å². The third-order valence-corrected chi connectivity index (χ3v) is 4.57. The van der Waals surface area contributed by atoms with Crippen LogP contribution < -0.4 is 10.1 Å². The molecule has 1 amide bonds. The average molecular weight is 338 g/mol. The van der Waals surface area contributed by atoms with E-state index in [1.54, 1.807) is 0 Å². The number of hydrogen-bond donors (Lipinski definition) is 1. The van der Waals surface area contributed by atoms with Crippen LogP contribution in [0.4, 0.5) is 5.69 Å². The zero-order chi connectivity index (χ0) is 18.0. The first-order chi connectivity index (χ1) is 11.8. The Hall–Kier alpha value is -2.49. The molecule has 1 N–H and O–H groups in total. The van der Waals surface area contributed by atoms with Gasteiger partial charge in [-0.05, 0) is 51.5 Å². The van der Waals surface area contributed by atoms with Gasteiger partial charge in [0, 0.05) is 5.69 Å². The van der Waals surface area contributed by atoms with Crippen LogP contribution in [0.2, 0.25) is 0 Å². The van der Waals surface area contributed by atoms with Gasteiger partial charge in [0.2, 0.25) is 5.91 Å². The van der Waals surface area contributed by atoms with Gasteiger partial charge in [-0.2, -0.15) is 0 Å². The van der Waals surface area contributed by atoms with Gasteiger partial charge < -0.3 is 15.0 Å². The summed E-state index contributed by atoms with van der Waals surface area (Å²) >= 11 is 0. The molecule has 132 valence electrons. The first-order valence-corrected chi connectivity index (χ1v) is 8.72. The van der Waals surface area contributed by atoms with Crippen LogP contribution in [0.3, 0.4) is 0 Å². The van der Waals surface area contributed by atoms with Crippen molar-refractivity contribution in [3.63, 3.8) is 0 Å². The van der Waals surface area contributed by atoms with Crippen molar-refractivity contribution >= 4 is 11.6 Å². The Morgan fingerprint density at radius 2 is 1.72 bits per heavy atom. The number of benzene rings is 2. The zero-order valence-electron chi connectivity index (χ0n) is 15.4. The normalized spacial score (nSPS) is 14.8. The topological polar surface area (TPSA) is 41.6 Å². The molecule has 0 unspecified atom stereocenters. The van der Waals surface area contributed by atoms with E-state index in [9.17, 15) is 4.79 Å². The maximum Gasteiger partial charge on any atom is 0.247 e. The van der Waals surface area contributed by atoms with Crippen molar-refractivity contribution in [1.82, 2.24) is 4.90 Å². The van der Waals surface area contributed by atoms with Gasteiger partial charge in [-0.15, -0.1) is 0 Å². The smallest absolute Gasteiger partial charge is 0.247 e. The van der Waals surface area contributed by atoms with Crippen LogP contribution in [-0.4, -0.2) is 35.5 Å². The number of carbonyl (C=O) groups excluding carboxylic acids is 1. The molecular weight excluding hydrogens is 312 g/mol. The van der Waals surface area contributed by atoms with Gasteiger partial charge in [0.15, 0.2) is 0 Å². The van der Waals surface area contributed by atoms with Crippen molar-refractivity contribution in [3.05, 3.63) is 59.7 Å². The molecule has 1 aliphatic rings. The van der Waals surface area contributed by atoms with Gasteiger partial charge in [-0.25, -0.2) is 0 Å². The highest BCUT2D eigenvalue weighted by Crippen LogP contribution is 2.25. The Kier molecular flexibility index (Phi) is 4.71. The van der Waals surface area contributed by atoms with E-state index in [4.69, 9.17) is 4.74 Å². The second-order valence-corrected chi connectivity index (χ2v) is 7.33. The second kappa shape index (κ2) is 6.79. The number of ether oxygens (including phenoxy) is 1. The first-order valence-electron chi connectivity index (χ1n) is 8.72. The number of nitrogens with one attached hydrogen (secondary N) is 1. The van der Waals surface area contributed by atoms with Crippen LogP contribution in [0.25, 0.3) is 0 Å². The highest BCUT2D eigenvalue weighted by molar-refractivity contribution is 5.89. The van der Waals surface area contributed by atoms with Crippen LogP contribution in [0.15, 0.2) is 48.5 Å². The lowest BCUT2D eigenvalue weighted by Crippen LogP contribution is -2.62. The highest BCUT2D eigenvalue weighted by atomic mass is 16.5. The number of rotatable bonds is 5. The second-order valence-electron chi connectivity index (χ2n) is 7.33. The number of para-hydroxylation sites is 1. The zero-order valence-corrected chi connectivity index (χ0v) is 15.4. The molecule has 0 radical (unpaired) electrons. The minimum atomic E-state index is -0.650. The fraction of sp³-hybridized carbons (Fsp3) is 0.381. The lowest BCUT2D eigenvalue weighted by atomic mass is 9.99. The molecule has 0 spiro atoms. The predicted molar refractivity (Wildman–Crippen MR) is 101 cm³/mol. The quantitative estimate of drug-likeness (QED) is 0.902. The fourth-order valence-corrected chi connectivity index (χ4v) is 2.99. The van der Waals surface area contributed by atoms with E-state index < -0.39 is 5.54 Å². The monoisotopic (exact) mass is 338 g/mol. The van der Waals surface area contributed by atoms with Crippen molar-refractivity contribution in [2.24, 2.45) is 0 Å². The van der Waals surface area contributed by atoms with Gasteiger partial charge in [0.25, 0.3) is 0 Å². The molecule has 3 rings (SSSR count). The predicted octanol–water partition coefficient (Wildman–Crippen LogP) is 3.78. The van der Waals surface area contributed by atoms with Crippen LogP contribution in [0, 0.1) is 13.8 Å². The third-order valence-electron chi connectivity index (χ3n) is 4.57. The standard InChI is InChI=1S/C21H26N2O2/c1-15-9-11-17(12-10-15)22-21(3,4)20(24)23-13-18(14-23)25-19-8-6-5-7-16(19)2/h5-12,18,22H,13-14H2,1-4H3. The molecule has 1 fully saturated rings. The van der Waals surface area contributed by atoms with Gasteiger partial charge >= 0.3 is 0 Å². The average Bonchev–Trinajstić information content (AvgIpc) is 2.53. The van der Waals surface area contributed by atoms with Crippen molar-refractivity contribution in [3.8, 4) is 5.75 Å². The van der Waals surface area contributed by atoms with Crippen molar-refractivity contribution in [1.29, 1.82) is 0 Å². The summed E-state index contributed by atoms with van der Waals surface area (Å²) in [5.74, 6) is 0.995. The van der Waals surface area contributed by atoms with Gasteiger partial charge in [0.1, 0.15) is 17.4 Å². The molecule has 4 heteroatoms. The summed E-state index contributed by atoms with van der Waals surface area (Å²) in [5, 5.41) is 3.34. The van der Waals surface area contributed by atoms with E-state index in [-0.39, 0.29) is 12.0 Å². The van der Waals surface area contributed by atoms with E-state index in [0.29, 0.717) is 13.1 Å². The summed E-state index contributed by atoms with van der Waals surface area (Å²) in [6.45, 7) is 9.19. The van der Waals surface area contributed by atoms with Gasteiger partial charge in [0.05, 0.1) is 13.1 Å². The summed E-state index contributed by atoms with van der Waals surface area (Å²) in [5.41, 5.74) is 2.63. The number of likely N-dealkylation sites (tertiary alicyclic amines) is 1. The minimum absolute atomic E-state index is 0.0697. The molecule has 4 nitrogen and oxygen atoms in total. The molecule has 0 aromatic heterocycles. The molecule has 0 bridgehead atoms. The molecule has 0 aliphatic carbocycles. The SMILES string of the molecule is Cc1ccc(NC(C)(C)C(=O)N2CC(Oc3ccccc3C)C2)cc1. The van der Waals surface area contributed by atoms with E-state index in [1.165, 1.54) is 5.56 Å². The fourth-order valence-electron chi connectivity index (χ4n) is 2.99. The summed E-state index contributed by atoms with van der Waals surface area (Å²) < 4.78 is 5.99. The summed E-state index contributed by atoms with van der Waals surface area (Å²) in [6.07, 6.45) is 0.0697. The molecule has 1 aliphatic heterocycles. The Bertz CT molecular complexity index is 747. The molecule has 2 aromatic carbocycles. The van der Waals surface area contributed by atoms with Crippen molar-refractivity contribution in [2.75, 3.05) is 18.4 Å². The lowest BCUT2D eigenvalue weighted by Gasteiger charge is -2.43. The first kappa shape index (κ1) is 17.3. The number of nitrogens with zero attached hydrogens (tertiary/aromatic N) is 1. The van der Waals surface area contributed by atoms with E-state index in [0.717, 1.165) is 17.0 Å². The minimum Gasteiger partial charge on any atom is -0.486 e. The molecule has 1 heterocycles. The highest BCUT2D eigenvalue weighted by Gasteiger charge is 2.39. The van der Waals surface area contributed by atoms with Crippen LogP contribution in [0.5, 0.6) is 5.75 Å². The van der Waals surface area contributed by atoms with E-state index in [2.05, 4.69) is 12.2 Å². The lowest BCUT2D eigenvalue weighted by molar-refractivity contribution is -0.143. The number of aryl methyl sites for hydroxylation is 2. The maximum atomic E-state index is 12.8. The number of carbonyl (C=O) groups is 1. The van der Waals surface area contributed by atoms with Gasteiger partial charge in [-0.3, -0.25) is 4.79 Å². The summed E-state index contributed by atoms with van der Waals surface area (Å²) in [7, 11) is 0. The van der Waals surface area contributed by atoms with Crippen LogP contribution in [-0.2, 0) is 4.79 Å². The Morgan fingerprint density at radius 1 is 1.08 bits per heavy atom. The molecule has 0 saturated carbocycles. The Morgan fingerprint density at radius 3 is 2.36 bits per heavy atom. The van der Waals surface area contributed by atoms with E-state index in [1.807, 2.05) is 74.2 Å². The number of amides is 1. The molecule has 2 aromatic rings. The maximum absolute atomic E-state index is 12.8. The van der Waals surface area contributed by atoms with Crippen LogP contribution >= 0.6 is 0 Å². The Balaban J connectivity index is 1.55. The largest absolute Gasteiger partial charge is 0.486 e. The summed E-state index contributed by atoms with van der Waals surface area (Å²) in [4.78, 5) is 14.6. The number of hydrogen-bond acceptors (Lipinski definition) is 3. The molecule has 25 heavy (non-hydrogen) atoms. The van der Waals surface area contributed by atoms with Gasteiger partial charge in [-0.1, -0.05) is 35.9 Å². The third kappa shape index (κ3) is 3.95. The molecule has 0 atom stereocenters. The van der Waals surface area contributed by atoms with Crippen molar-refractivity contribution in [2.45, 2.75) is 39.3 Å². The Labute approximate surface area is 149 Å². The molecule has 1 saturated heterocycles.